The quantitative estimate of drug-likeness (QED) is 0.202. The van der Waals surface area contributed by atoms with Gasteiger partial charge in [0.15, 0.2) is 0 Å². The van der Waals surface area contributed by atoms with Gasteiger partial charge in [-0.1, -0.05) is 84.0 Å². The minimum Gasteiger partial charge on any atom is -0.463 e. The summed E-state index contributed by atoms with van der Waals surface area (Å²) in [7, 11) is 0. The van der Waals surface area contributed by atoms with E-state index in [2.05, 4.69) is 6.92 Å². The molecule has 1 fully saturated rings. The first kappa shape index (κ1) is 24.0. The molecule has 1 saturated heterocycles. The lowest BCUT2D eigenvalue weighted by molar-refractivity contribution is -0.146. The van der Waals surface area contributed by atoms with E-state index in [1.165, 1.54) is 70.6 Å². The summed E-state index contributed by atoms with van der Waals surface area (Å²) >= 11 is 4.71. The van der Waals surface area contributed by atoms with Crippen molar-refractivity contribution < 1.29 is 23.5 Å². The monoisotopic (exact) mass is 408 g/mol. The summed E-state index contributed by atoms with van der Waals surface area (Å²) in [6.07, 6.45) is 16.7. The van der Waals surface area contributed by atoms with Gasteiger partial charge in [0.1, 0.15) is 12.7 Å². The molecule has 0 saturated carbocycles. The van der Waals surface area contributed by atoms with Crippen LogP contribution in [-0.4, -0.2) is 30.2 Å². The molecule has 7 heteroatoms. The molecule has 5 nitrogen and oxygen atoms in total. The van der Waals surface area contributed by atoms with E-state index in [9.17, 15) is 9.69 Å². The van der Waals surface area contributed by atoms with E-state index in [-0.39, 0.29) is 19.2 Å². The second-order valence-electron chi connectivity index (χ2n) is 7.17. The van der Waals surface area contributed by atoms with Crippen LogP contribution in [0, 0.1) is 0 Å². The Labute approximate surface area is 164 Å². The third-order valence-electron chi connectivity index (χ3n) is 4.62. The van der Waals surface area contributed by atoms with Gasteiger partial charge in [-0.15, -0.1) is 0 Å². The van der Waals surface area contributed by atoms with Crippen LogP contribution in [0.1, 0.15) is 96.8 Å². The first-order chi connectivity index (χ1) is 12.5. The number of hydrogen-bond donors (Lipinski definition) is 1. The standard InChI is InChI=1S/C19H37O5PS/c1-2-3-4-5-6-7-8-9-10-11-12-13-14-15-19(20)22-16-18-17-23-25(21,26)24-18/h18H,2-17H2,1H3,(H,21,26). The molecule has 0 aromatic heterocycles. The van der Waals surface area contributed by atoms with Crippen molar-refractivity contribution in [3.8, 4) is 0 Å². The molecule has 2 atom stereocenters. The molecule has 0 aromatic rings. The molecule has 1 aliphatic heterocycles. The van der Waals surface area contributed by atoms with Gasteiger partial charge >= 0.3 is 12.7 Å². The van der Waals surface area contributed by atoms with Gasteiger partial charge in [-0.25, -0.2) is 0 Å². The first-order valence-electron chi connectivity index (χ1n) is 10.3. The Morgan fingerprint density at radius 1 is 1.00 bits per heavy atom. The van der Waals surface area contributed by atoms with Crippen molar-refractivity contribution in [3.63, 3.8) is 0 Å². The highest BCUT2D eigenvalue weighted by molar-refractivity contribution is 8.07. The molecule has 1 rings (SSSR count). The zero-order valence-electron chi connectivity index (χ0n) is 16.3. The highest BCUT2D eigenvalue weighted by Crippen LogP contribution is 2.49. The number of esters is 1. The van der Waals surface area contributed by atoms with Gasteiger partial charge in [0.25, 0.3) is 0 Å². The zero-order chi connectivity index (χ0) is 19.1. The Kier molecular flexibility index (Phi) is 13.9. The average Bonchev–Trinajstić information content (AvgIpc) is 2.96. The van der Waals surface area contributed by atoms with Crippen LogP contribution in [0.2, 0.25) is 0 Å². The van der Waals surface area contributed by atoms with Crippen molar-refractivity contribution in [2.45, 2.75) is 103 Å². The van der Waals surface area contributed by atoms with E-state index in [1.54, 1.807) is 0 Å². The third kappa shape index (κ3) is 13.2. The van der Waals surface area contributed by atoms with Crippen LogP contribution in [0.25, 0.3) is 0 Å². The van der Waals surface area contributed by atoms with E-state index in [4.69, 9.17) is 25.6 Å². The largest absolute Gasteiger partial charge is 0.463 e. The lowest BCUT2D eigenvalue weighted by atomic mass is 10.0. The van der Waals surface area contributed by atoms with E-state index in [1.807, 2.05) is 0 Å². The maximum atomic E-state index is 11.7. The van der Waals surface area contributed by atoms with Gasteiger partial charge in [0.05, 0.1) is 6.61 Å². The fourth-order valence-electron chi connectivity index (χ4n) is 3.05. The Morgan fingerprint density at radius 3 is 1.96 bits per heavy atom. The topological polar surface area (TPSA) is 65.0 Å². The fraction of sp³-hybridized carbons (Fsp3) is 0.947. The summed E-state index contributed by atoms with van der Waals surface area (Å²) in [5.74, 6) is -0.213. The Morgan fingerprint density at radius 2 is 1.50 bits per heavy atom. The zero-order valence-corrected chi connectivity index (χ0v) is 18.0. The minimum atomic E-state index is -3.07. The van der Waals surface area contributed by atoms with Gasteiger partial charge in [0.2, 0.25) is 0 Å². The molecule has 2 unspecified atom stereocenters. The molecule has 0 aromatic carbocycles. The molecule has 0 amide bonds. The van der Waals surface area contributed by atoms with Crippen molar-refractivity contribution in [2.24, 2.45) is 0 Å². The molecule has 1 heterocycles. The summed E-state index contributed by atoms with van der Waals surface area (Å²) < 4.78 is 15.2. The first-order valence-corrected chi connectivity index (χ1v) is 12.9. The van der Waals surface area contributed by atoms with E-state index >= 15 is 0 Å². The van der Waals surface area contributed by atoms with E-state index in [0.717, 1.165) is 12.8 Å². The number of unbranched alkanes of at least 4 members (excludes halogenated alkanes) is 12. The third-order valence-corrected chi connectivity index (χ3v) is 6.23. The summed E-state index contributed by atoms with van der Waals surface area (Å²) in [5.41, 5.74) is 0. The molecule has 1 aliphatic rings. The van der Waals surface area contributed by atoms with E-state index < -0.39 is 12.8 Å². The van der Waals surface area contributed by atoms with Gasteiger partial charge in [-0.05, 0) is 18.2 Å². The lowest BCUT2D eigenvalue weighted by Crippen LogP contribution is -2.20. The Bertz CT molecular complexity index is 419. The predicted octanol–water partition coefficient (Wildman–Crippen LogP) is 5.64. The second kappa shape index (κ2) is 15.0. The summed E-state index contributed by atoms with van der Waals surface area (Å²) in [6, 6.07) is 0. The van der Waals surface area contributed by atoms with Crippen LogP contribution in [0.15, 0.2) is 0 Å². The van der Waals surface area contributed by atoms with Gasteiger partial charge in [-0.2, -0.15) is 0 Å². The molecule has 0 spiro atoms. The smallest absolute Gasteiger partial charge is 0.325 e. The van der Waals surface area contributed by atoms with Crippen molar-refractivity contribution in [3.05, 3.63) is 0 Å². The van der Waals surface area contributed by atoms with Crippen LogP contribution in [0.4, 0.5) is 0 Å². The maximum Gasteiger partial charge on any atom is 0.325 e. The van der Waals surface area contributed by atoms with Crippen LogP contribution in [0.3, 0.4) is 0 Å². The number of hydrogen-bond acceptors (Lipinski definition) is 5. The molecule has 0 bridgehead atoms. The molecule has 1 N–H and O–H groups in total. The van der Waals surface area contributed by atoms with Crippen molar-refractivity contribution in [2.75, 3.05) is 13.2 Å². The fourth-order valence-corrected chi connectivity index (χ4v) is 4.51. The van der Waals surface area contributed by atoms with Crippen LogP contribution in [0.5, 0.6) is 0 Å². The highest BCUT2D eigenvalue weighted by atomic mass is 32.5. The molecule has 0 radical (unpaired) electrons. The SMILES string of the molecule is CCCCCCCCCCCCCCCC(=O)OCC1COP(O)(=S)O1. The lowest BCUT2D eigenvalue weighted by Gasteiger charge is -2.09. The normalized spacial score (nSPS) is 22.6. The molecule has 0 aliphatic carbocycles. The Hall–Kier alpha value is -0.0000000000000000763. The second-order valence-corrected chi connectivity index (χ2v) is 9.96. The number of carbonyl (C=O) groups excluding carboxylic acids is 1. The highest BCUT2D eigenvalue weighted by Gasteiger charge is 2.31. The summed E-state index contributed by atoms with van der Waals surface area (Å²) in [6.45, 7) is -0.509. The van der Waals surface area contributed by atoms with Gasteiger partial charge in [0, 0.05) is 6.42 Å². The Balaban J connectivity index is 1.80. The number of rotatable bonds is 16. The molecular weight excluding hydrogens is 371 g/mol. The summed E-state index contributed by atoms with van der Waals surface area (Å²) in [5, 5.41) is 0. The van der Waals surface area contributed by atoms with Crippen molar-refractivity contribution in [1.29, 1.82) is 0 Å². The van der Waals surface area contributed by atoms with Gasteiger partial charge < -0.3 is 14.2 Å². The average molecular weight is 409 g/mol. The van der Waals surface area contributed by atoms with Crippen molar-refractivity contribution >= 4 is 24.5 Å². The van der Waals surface area contributed by atoms with Crippen LogP contribution in [-0.2, 0) is 30.4 Å². The van der Waals surface area contributed by atoms with Crippen molar-refractivity contribution in [1.82, 2.24) is 0 Å². The molecule has 26 heavy (non-hydrogen) atoms. The summed E-state index contributed by atoms with van der Waals surface area (Å²) in [4.78, 5) is 21.1. The van der Waals surface area contributed by atoms with Crippen LogP contribution < -0.4 is 0 Å². The maximum absolute atomic E-state index is 11.7. The van der Waals surface area contributed by atoms with Crippen LogP contribution >= 0.6 is 6.72 Å². The van der Waals surface area contributed by atoms with E-state index in [0.29, 0.717) is 6.42 Å². The molecular formula is C19H37O5PS. The number of carbonyl (C=O) groups is 1. The predicted molar refractivity (Wildman–Crippen MR) is 109 cm³/mol. The number of ether oxygens (including phenoxy) is 1. The molecule has 154 valence electrons. The minimum absolute atomic E-state index is 0.107. The van der Waals surface area contributed by atoms with Gasteiger partial charge in [-0.3, -0.25) is 9.32 Å².